The first-order chi connectivity index (χ1) is 12.6. The van der Waals surface area contributed by atoms with Gasteiger partial charge in [-0.3, -0.25) is 9.89 Å². The minimum Gasteiger partial charge on any atom is -0.380 e. The van der Waals surface area contributed by atoms with Gasteiger partial charge in [0, 0.05) is 34.5 Å². The monoisotopic (exact) mass is 371 g/mol. The fourth-order valence-corrected chi connectivity index (χ4v) is 2.92. The predicted molar refractivity (Wildman–Crippen MR) is 97.8 cm³/mol. The van der Waals surface area contributed by atoms with Crippen molar-refractivity contribution in [3.63, 3.8) is 0 Å². The second-order valence-corrected chi connectivity index (χ2v) is 6.79. The van der Waals surface area contributed by atoms with E-state index in [1.165, 1.54) is 0 Å². The number of hydrogen-bond donors (Lipinski definition) is 2. The van der Waals surface area contributed by atoms with Crippen LogP contribution in [-0.4, -0.2) is 39.1 Å². The summed E-state index contributed by atoms with van der Waals surface area (Å²) in [6, 6.07) is 9.24. The van der Waals surface area contributed by atoms with Gasteiger partial charge in [0.25, 0.3) is 0 Å². The van der Waals surface area contributed by atoms with Crippen molar-refractivity contribution in [1.82, 2.24) is 20.0 Å². The summed E-state index contributed by atoms with van der Waals surface area (Å²) in [4.78, 5) is 12.5. The zero-order valence-corrected chi connectivity index (χ0v) is 14.9. The highest BCUT2D eigenvalue weighted by atomic mass is 35.5. The normalized spacial score (nSPS) is 15.5. The van der Waals surface area contributed by atoms with Gasteiger partial charge in [-0.15, -0.1) is 0 Å². The summed E-state index contributed by atoms with van der Waals surface area (Å²) in [5.41, 5.74) is 2.63. The number of ether oxygens (including phenoxy) is 1. The van der Waals surface area contributed by atoms with Crippen molar-refractivity contribution in [2.75, 3.05) is 18.5 Å². The molecule has 8 heteroatoms. The molecule has 1 aromatic carbocycles. The number of H-pyrrole nitrogens is 1. The molecule has 4 rings (SSSR count). The van der Waals surface area contributed by atoms with Crippen molar-refractivity contribution < 1.29 is 9.53 Å². The molecule has 1 amide bonds. The van der Waals surface area contributed by atoms with Gasteiger partial charge in [-0.05, 0) is 25.1 Å². The van der Waals surface area contributed by atoms with E-state index in [1.807, 2.05) is 37.4 Å². The summed E-state index contributed by atoms with van der Waals surface area (Å²) in [5.74, 6) is 0.348. The number of amides is 1. The van der Waals surface area contributed by atoms with E-state index in [0.717, 1.165) is 16.9 Å². The van der Waals surface area contributed by atoms with Gasteiger partial charge in [0.15, 0.2) is 5.82 Å². The van der Waals surface area contributed by atoms with Crippen LogP contribution in [0.4, 0.5) is 5.82 Å². The van der Waals surface area contributed by atoms with Crippen LogP contribution in [0, 0.1) is 0 Å². The number of rotatable bonds is 5. The van der Waals surface area contributed by atoms with Crippen molar-refractivity contribution in [1.29, 1.82) is 0 Å². The molecule has 0 aliphatic carbocycles. The van der Waals surface area contributed by atoms with E-state index in [0.29, 0.717) is 30.0 Å². The lowest BCUT2D eigenvalue weighted by Gasteiger charge is -2.24. The maximum atomic E-state index is 12.5. The second-order valence-electron chi connectivity index (χ2n) is 6.35. The Morgan fingerprint density at radius 2 is 2.27 bits per heavy atom. The predicted octanol–water partition coefficient (Wildman–Crippen LogP) is 3.10. The number of aromatic amines is 1. The molecule has 0 saturated carbocycles. The minimum atomic E-state index is -0.366. The van der Waals surface area contributed by atoms with E-state index >= 15 is 0 Å². The fourth-order valence-electron chi connectivity index (χ4n) is 2.73. The summed E-state index contributed by atoms with van der Waals surface area (Å²) in [5, 5.41) is 14.9. The SMILES string of the molecule is CC(C(=O)Nc1cc(C2COC2)[nH]n1)c1cnn(-c2cccc(Cl)c2)c1. The number of carbonyl (C=O) groups is 1. The lowest BCUT2D eigenvalue weighted by Crippen LogP contribution is -2.25. The number of aromatic nitrogens is 4. The maximum Gasteiger partial charge on any atom is 0.232 e. The Labute approximate surface area is 155 Å². The Kier molecular flexibility index (Phi) is 4.48. The van der Waals surface area contributed by atoms with Crippen molar-refractivity contribution in [2.45, 2.75) is 18.8 Å². The van der Waals surface area contributed by atoms with Gasteiger partial charge in [0.2, 0.25) is 5.91 Å². The van der Waals surface area contributed by atoms with Gasteiger partial charge in [-0.2, -0.15) is 10.2 Å². The number of carbonyl (C=O) groups excluding carboxylic acids is 1. The fraction of sp³-hybridized carbons (Fsp3) is 0.278. The van der Waals surface area contributed by atoms with E-state index in [2.05, 4.69) is 20.6 Å². The van der Waals surface area contributed by atoms with Crippen molar-refractivity contribution in [3.05, 3.63) is 59.0 Å². The number of benzene rings is 1. The second kappa shape index (κ2) is 6.93. The van der Waals surface area contributed by atoms with E-state index in [-0.39, 0.29) is 11.8 Å². The Balaban J connectivity index is 1.44. The molecule has 1 aliphatic rings. The molecule has 3 aromatic rings. The average Bonchev–Trinajstić information content (AvgIpc) is 3.22. The number of nitrogens with zero attached hydrogens (tertiary/aromatic N) is 3. The molecular weight excluding hydrogens is 354 g/mol. The Morgan fingerprint density at radius 1 is 1.42 bits per heavy atom. The first-order valence-electron chi connectivity index (χ1n) is 8.34. The lowest BCUT2D eigenvalue weighted by molar-refractivity contribution is -0.117. The standard InChI is InChI=1S/C18H18ClN5O2/c1-11(12-7-20-24(8-12)15-4-2-3-14(19)5-15)18(25)21-17-6-16(22-23-17)13-9-26-10-13/h2-8,11,13H,9-10H2,1H3,(H2,21,22,23,25). The molecule has 2 N–H and O–H groups in total. The van der Waals surface area contributed by atoms with Crippen LogP contribution < -0.4 is 5.32 Å². The van der Waals surface area contributed by atoms with Crippen molar-refractivity contribution in [3.8, 4) is 5.69 Å². The Hall–Kier alpha value is -2.64. The largest absolute Gasteiger partial charge is 0.380 e. The van der Waals surface area contributed by atoms with Crippen LogP contribution in [0.1, 0.15) is 30.0 Å². The van der Waals surface area contributed by atoms with Gasteiger partial charge in [0.1, 0.15) is 0 Å². The molecule has 3 heterocycles. The quantitative estimate of drug-likeness (QED) is 0.721. The smallest absolute Gasteiger partial charge is 0.232 e. The zero-order valence-electron chi connectivity index (χ0n) is 14.1. The third kappa shape index (κ3) is 3.36. The summed E-state index contributed by atoms with van der Waals surface area (Å²) < 4.78 is 6.87. The molecule has 1 fully saturated rings. The third-order valence-electron chi connectivity index (χ3n) is 4.50. The van der Waals surface area contributed by atoms with Gasteiger partial charge in [-0.1, -0.05) is 17.7 Å². The van der Waals surface area contributed by atoms with Crippen molar-refractivity contribution >= 4 is 23.3 Å². The molecule has 1 saturated heterocycles. The molecule has 1 aliphatic heterocycles. The van der Waals surface area contributed by atoms with Gasteiger partial charge >= 0.3 is 0 Å². The maximum absolute atomic E-state index is 12.5. The number of halogens is 1. The zero-order chi connectivity index (χ0) is 18.1. The third-order valence-corrected chi connectivity index (χ3v) is 4.73. The lowest BCUT2D eigenvalue weighted by atomic mass is 10.0. The van der Waals surface area contributed by atoms with Gasteiger partial charge in [0.05, 0.1) is 31.0 Å². The highest BCUT2D eigenvalue weighted by molar-refractivity contribution is 6.30. The number of hydrogen-bond acceptors (Lipinski definition) is 4. The van der Waals surface area contributed by atoms with E-state index < -0.39 is 0 Å². The van der Waals surface area contributed by atoms with E-state index in [9.17, 15) is 4.79 Å². The molecule has 134 valence electrons. The highest BCUT2D eigenvalue weighted by Gasteiger charge is 2.24. The van der Waals surface area contributed by atoms with Crippen LogP contribution in [-0.2, 0) is 9.53 Å². The molecule has 0 bridgehead atoms. The first kappa shape index (κ1) is 16.8. The number of anilines is 1. The average molecular weight is 372 g/mol. The van der Waals surface area contributed by atoms with Crippen LogP contribution in [0.5, 0.6) is 0 Å². The molecule has 2 aromatic heterocycles. The molecule has 0 radical (unpaired) electrons. The molecule has 7 nitrogen and oxygen atoms in total. The number of nitrogens with one attached hydrogen (secondary N) is 2. The Morgan fingerprint density at radius 3 is 3.00 bits per heavy atom. The van der Waals surface area contributed by atoms with Crippen LogP contribution >= 0.6 is 11.6 Å². The van der Waals surface area contributed by atoms with Crippen LogP contribution in [0.15, 0.2) is 42.7 Å². The molecule has 1 unspecified atom stereocenters. The summed E-state index contributed by atoms with van der Waals surface area (Å²) in [6.07, 6.45) is 3.52. The molecular formula is C18H18ClN5O2. The molecule has 26 heavy (non-hydrogen) atoms. The molecule has 0 spiro atoms. The first-order valence-corrected chi connectivity index (χ1v) is 8.72. The summed E-state index contributed by atoms with van der Waals surface area (Å²) in [6.45, 7) is 3.21. The van der Waals surface area contributed by atoms with Crippen LogP contribution in [0.2, 0.25) is 5.02 Å². The summed E-state index contributed by atoms with van der Waals surface area (Å²) >= 11 is 6.02. The van der Waals surface area contributed by atoms with Gasteiger partial charge < -0.3 is 10.1 Å². The minimum absolute atomic E-state index is 0.140. The van der Waals surface area contributed by atoms with Crippen LogP contribution in [0.3, 0.4) is 0 Å². The van der Waals surface area contributed by atoms with Crippen molar-refractivity contribution in [2.24, 2.45) is 0 Å². The summed E-state index contributed by atoms with van der Waals surface area (Å²) in [7, 11) is 0. The topological polar surface area (TPSA) is 84.8 Å². The van der Waals surface area contributed by atoms with Gasteiger partial charge in [-0.25, -0.2) is 4.68 Å². The highest BCUT2D eigenvalue weighted by Crippen LogP contribution is 2.25. The van der Waals surface area contributed by atoms with E-state index in [4.69, 9.17) is 16.3 Å². The Bertz CT molecular complexity index is 931. The molecule has 1 atom stereocenters. The van der Waals surface area contributed by atoms with Crippen LogP contribution in [0.25, 0.3) is 5.69 Å². The van der Waals surface area contributed by atoms with E-state index in [1.54, 1.807) is 16.9 Å².